The van der Waals surface area contributed by atoms with Gasteiger partial charge >= 0.3 is 0 Å². The van der Waals surface area contributed by atoms with Gasteiger partial charge in [0.1, 0.15) is 5.75 Å². The monoisotopic (exact) mass is 526 g/mol. The van der Waals surface area contributed by atoms with Crippen LogP contribution in [-0.2, 0) is 19.1 Å². The number of aryl methyl sites for hydroxylation is 1. The third-order valence-electron chi connectivity index (χ3n) is 6.66. The van der Waals surface area contributed by atoms with Crippen LogP contribution in [0.2, 0.25) is 0 Å². The fourth-order valence-electron chi connectivity index (χ4n) is 4.27. The van der Waals surface area contributed by atoms with Gasteiger partial charge in [-0.3, -0.25) is 9.59 Å². The summed E-state index contributed by atoms with van der Waals surface area (Å²) >= 11 is 0. The Morgan fingerprint density at radius 3 is 2.44 bits per heavy atom. The van der Waals surface area contributed by atoms with Crippen molar-refractivity contribution in [2.75, 3.05) is 17.7 Å². The molecule has 1 amide bonds. The minimum atomic E-state index is -0.301. The molecular formula is C31H34N4O4. The number of rotatable bonds is 7. The summed E-state index contributed by atoms with van der Waals surface area (Å²) in [7, 11) is 3.18. The summed E-state index contributed by atoms with van der Waals surface area (Å²) in [6.45, 7) is 8.15. The highest BCUT2D eigenvalue weighted by molar-refractivity contribution is 6.05. The van der Waals surface area contributed by atoms with E-state index in [4.69, 9.17) is 4.74 Å². The van der Waals surface area contributed by atoms with Crippen LogP contribution in [0.4, 0.5) is 17.2 Å². The van der Waals surface area contributed by atoms with E-state index in [1.807, 2.05) is 49.4 Å². The molecule has 0 aliphatic rings. The van der Waals surface area contributed by atoms with E-state index in [2.05, 4.69) is 36.4 Å². The Labute approximate surface area is 228 Å². The first-order chi connectivity index (χ1) is 18.5. The molecule has 39 heavy (non-hydrogen) atoms. The Morgan fingerprint density at radius 1 is 1.08 bits per heavy atom. The van der Waals surface area contributed by atoms with E-state index < -0.39 is 0 Å². The highest BCUT2D eigenvalue weighted by atomic mass is 16.5. The van der Waals surface area contributed by atoms with Crippen LogP contribution in [-0.4, -0.2) is 27.7 Å². The first kappa shape index (κ1) is 27.6. The molecule has 0 atom stereocenters. The summed E-state index contributed by atoms with van der Waals surface area (Å²) in [6.07, 6.45) is 1.67. The fourth-order valence-corrected chi connectivity index (χ4v) is 4.27. The Hall–Kier alpha value is -4.43. The molecule has 0 radical (unpaired) electrons. The number of benzene rings is 3. The molecule has 4 aromatic rings. The third-order valence-corrected chi connectivity index (χ3v) is 6.66. The maximum Gasteiger partial charge on any atom is 0.293 e. The second-order valence-electron chi connectivity index (χ2n) is 10.5. The summed E-state index contributed by atoms with van der Waals surface area (Å²) in [4.78, 5) is 30.5. The Bertz CT molecular complexity index is 1570. The van der Waals surface area contributed by atoms with Gasteiger partial charge in [-0.05, 0) is 47.7 Å². The molecule has 1 aromatic heterocycles. The topological polar surface area (TPSA) is 105 Å². The normalized spacial score (nSPS) is 11.3. The molecule has 0 saturated heterocycles. The summed E-state index contributed by atoms with van der Waals surface area (Å²) in [5, 5.41) is 15.6. The number of amides is 1. The maximum absolute atomic E-state index is 13.0. The van der Waals surface area contributed by atoms with Crippen molar-refractivity contribution in [2.45, 2.75) is 39.7 Å². The van der Waals surface area contributed by atoms with Crippen LogP contribution in [0, 0.1) is 6.92 Å². The van der Waals surface area contributed by atoms with Gasteiger partial charge in [0, 0.05) is 47.4 Å². The van der Waals surface area contributed by atoms with E-state index >= 15 is 0 Å². The molecule has 202 valence electrons. The number of carbonyl (C=O) groups excluding carboxylic acids is 1. The van der Waals surface area contributed by atoms with Crippen LogP contribution >= 0.6 is 0 Å². The van der Waals surface area contributed by atoms with E-state index in [0.29, 0.717) is 33.9 Å². The van der Waals surface area contributed by atoms with Crippen molar-refractivity contribution in [3.8, 4) is 17.0 Å². The minimum absolute atomic E-state index is 0.00532. The summed E-state index contributed by atoms with van der Waals surface area (Å²) in [5.74, 6) is 0.441. The number of nitrogens with one attached hydrogen (secondary N) is 2. The van der Waals surface area contributed by atoms with Crippen molar-refractivity contribution in [3.63, 3.8) is 0 Å². The number of carbonyl (C=O) groups is 1. The lowest BCUT2D eigenvalue weighted by Gasteiger charge is -2.19. The van der Waals surface area contributed by atoms with Crippen LogP contribution in [0.15, 0.2) is 71.7 Å². The van der Waals surface area contributed by atoms with Gasteiger partial charge in [0.15, 0.2) is 5.82 Å². The maximum atomic E-state index is 13.0. The zero-order valence-corrected chi connectivity index (χ0v) is 23.1. The standard InChI is InChI=1S/C31H34N4O4/c1-19-24(8-7-9-25(19)34-29(37)20-10-13-22(14-11-20)31(2,3)4)26-17-35(5)30(38)28(33-26)32-23-15-12-21(18-36)27(16-23)39-6/h7-17,36H,18H2,1-6H3,(H,32,33)(H,34,37). The number of hydrogen-bond donors (Lipinski definition) is 3. The van der Waals surface area contributed by atoms with E-state index in [9.17, 15) is 14.7 Å². The predicted molar refractivity (Wildman–Crippen MR) is 155 cm³/mol. The molecule has 0 aliphatic heterocycles. The second-order valence-corrected chi connectivity index (χ2v) is 10.5. The van der Waals surface area contributed by atoms with E-state index in [-0.39, 0.29) is 29.3 Å². The van der Waals surface area contributed by atoms with Crippen molar-refractivity contribution < 1.29 is 14.6 Å². The van der Waals surface area contributed by atoms with E-state index in [0.717, 1.165) is 16.7 Å². The number of nitrogens with zero attached hydrogens (tertiary/aromatic N) is 2. The van der Waals surface area contributed by atoms with Crippen LogP contribution in [0.3, 0.4) is 0 Å². The molecule has 0 bridgehead atoms. The smallest absolute Gasteiger partial charge is 0.293 e. The molecule has 4 rings (SSSR count). The quantitative estimate of drug-likeness (QED) is 0.292. The fraction of sp³-hybridized carbons (Fsp3) is 0.258. The molecule has 0 fully saturated rings. The van der Waals surface area contributed by atoms with Gasteiger partial charge in [-0.15, -0.1) is 0 Å². The molecule has 3 aromatic carbocycles. The van der Waals surface area contributed by atoms with Gasteiger partial charge in [0.25, 0.3) is 11.5 Å². The Morgan fingerprint density at radius 2 is 1.79 bits per heavy atom. The predicted octanol–water partition coefficient (Wildman–Crippen LogP) is 5.55. The van der Waals surface area contributed by atoms with Crippen LogP contribution in [0.5, 0.6) is 5.75 Å². The van der Waals surface area contributed by atoms with Crippen molar-refractivity contribution in [1.29, 1.82) is 0 Å². The molecule has 0 spiro atoms. The van der Waals surface area contributed by atoms with Crippen molar-refractivity contribution in [2.24, 2.45) is 7.05 Å². The first-order valence-corrected chi connectivity index (χ1v) is 12.7. The largest absolute Gasteiger partial charge is 0.496 e. The van der Waals surface area contributed by atoms with Crippen molar-refractivity contribution >= 4 is 23.1 Å². The SMILES string of the molecule is COc1cc(Nc2nc(-c3cccc(NC(=O)c4ccc(C(C)(C)C)cc4)c3C)cn(C)c2=O)ccc1CO. The number of hydrogen-bond acceptors (Lipinski definition) is 6. The minimum Gasteiger partial charge on any atom is -0.496 e. The van der Waals surface area contributed by atoms with Crippen LogP contribution in [0.25, 0.3) is 11.3 Å². The van der Waals surface area contributed by atoms with Crippen LogP contribution in [0.1, 0.15) is 47.8 Å². The average molecular weight is 527 g/mol. The average Bonchev–Trinajstić information content (AvgIpc) is 2.91. The molecule has 3 N–H and O–H groups in total. The summed E-state index contributed by atoms with van der Waals surface area (Å²) in [6, 6.07) is 18.4. The lowest BCUT2D eigenvalue weighted by atomic mass is 9.86. The highest BCUT2D eigenvalue weighted by Crippen LogP contribution is 2.29. The highest BCUT2D eigenvalue weighted by Gasteiger charge is 2.17. The number of methoxy groups -OCH3 is 1. The number of ether oxygens (including phenoxy) is 1. The van der Waals surface area contributed by atoms with Gasteiger partial charge in [0.05, 0.1) is 19.4 Å². The lowest BCUT2D eigenvalue weighted by Crippen LogP contribution is -2.21. The molecule has 0 saturated carbocycles. The number of aliphatic hydroxyl groups is 1. The van der Waals surface area contributed by atoms with Gasteiger partial charge in [-0.2, -0.15) is 0 Å². The van der Waals surface area contributed by atoms with Gasteiger partial charge in [-0.1, -0.05) is 51.1 Å². The Kier molecular flexibility index (Phi) is 7.88. The van der Waals surface area contributed by atoms with E-state index in [1.54, 1.807) is 31.4 Å². The Balaban J connectivity index is 1.63. The molecule has 8 nitrogen and oxygen atoms in total. The van der Waals surface area contributed by atoms with E-state index in [1.165, 1.54) is 11.7 Å². The molecular weight excluding hydrogens is 492 g/mol. The number of aromatic nitrogens is 2. The third kappa shape index (κ3) is 6.02. The summed E-state index contributed by atoms with van der Waals surface area (Å²) < 4.78 is 6.80. The molecule has 0 aliphatic carbocycles. The lowest BCUT2D eigenvalue weighted by molar-refractivity contribution is 0.102. The zero-order chi connectivity index (χ0) is 28.3. The van der Waals surface area contributed by atoms with Gasteiger partial charge < -0.3 is 25.0 Å². The number of aliphatic hydroxyl groups excluding tert-OH is 1. The summed E-state index contributed by atoms with van der Waals surface area (Å²) in [5.41, 5.74) is 5.50. The second kappa shape index (κ2) is 11.1. The molecule has 0 unspecified atom stereocenters. The molecule has 1 heterocycles. The van der Waals surface area contributed by atoms with Crippen molar-refractivity contribution in [3.05, 3.63) is 99.5 Å². The van der Waals surface area contributed by atoms with Gasteiger partial charge in [-0.25, -0.2) is 4.98 Å². The number of anilines is 3. The van der Waals surface area contributed by atoms with Crippen LogP contribution < -0.4 is 20.9 Å². The van der Waals surface area contributed by atoms with Gasteiger partial charge in [0.2, 0.25) is 0 Å². The first-order valence-electron chi connectivity index (χ1n) is 12.7. The molecule has 8 heteroatoms. The van der Waals surface area contributed by atoms with Crippen molar-refractivity contribution in [1.82, 2.24) is 9.55 Å². The zero-order valence-electron chi connectivity index (χ0n) is 23.1.